The van der Waals surface area contributed by atoms with Crippen LogP contribution in [0.5, 0.6) is 11.5 Å². The molecule has 0 saturated heterocycles. The van der Waals surface area contributed by atoms with Gasteiger partial charge in [0.25, 0.3) is 0 Å². The van der Waals surface area contributed by atoms with E-state index in [1.165, 1.54) is 20.3 Å². The summed E-state index contributed by atoms with van der Waals surface area (Å²) in [5.74, 6) is -0.831. The zero-order valence-corrected chi connectivity index (χ0v) is 10.2. The number of ether oxygens (including phenoxy) is 2. The third-order valence-corrected chi connectivity index (χ3v) is 2.76. The minimum Gasteiger partial charge on any atom is -0.507 e. The van der Waals surface area contributed by atoms with Crippen LogP contribution < -0.4 is 4.74 Å². The number of aldehydes is 1. The fourth-order valence-corrected chi connectivity index (χ4v) is 1.86. The van der Waals surface area contributed by atoms with Crippen molar-refractivity contribution in [1.29, 1.82) is 0 Å². The second-order valence-electron chi connectivity index (χ2n) is 2.81. The second kappa shape index (κ2) is 4.98. The molecule has 0 spiro atoms. The molecule has 1 aromatic rings. The Labute approximate surface area is 100 Å². The van der Waals surface area contributed by atoms with E-state index in [1.54, 1.807) is 0 Å². The lowest BCUT2D eigenvalue weighted by Crippen LogP contribution is -2.08. The lowest BCUT2D eigenvalue weighted by atomic mass is 10.1. The molecule has 6 heteroatoms. The Kier molecular flexibility index (Phi) is 3.89. The van der Waals surface area contributed by atoms with E-state index in [0.717, 1.165) is 0 Å². The number of aromatic hydroxyl groups is 1. The van der Waals surface area contributed by atoms with Crippen LogP contribution in [0.25, 0.3) is 0 Å². The van der Waals surface area contributed by atoms with E-state index in [0.29, 0.717) is 6.29 Å². The van der Waals surface area contributed by atoms with Gasteiger partial charge < -0.3 is 14.6 Å². The van der Waals surface area contributed by atoms with Crippen LogP contribution in [0.4, 0.5) is 0 Å². The van der Waals surface area contributed by atoms with Gasteiger partial charge in [0, 0.05) is 6.07 Å². The van der Waals surface area contributed by atoms with Crippen molar-refractivity contribution in [3.05, 3.63) is 21.7 Å². The highest BCUT2D eigenvalue weighted by atomic mass is 79.9. The van der Waals surface area contributed by atoms with E-state index in [4.69, 9.17) is 4.74 Å². The highest BCUT2D eigenvalue weighted by Gasteiger charge is 2.22. The Morgan fingerprint density at radius 3 is 2.56 bits per heavy atom. The fourth-order valence-electron chi connectivity index (χ4n) is 1.20. The summed E-state index contributed by atoms with van der Waals surface area (Å²) in [4.78, 5) is 22.2. The summed E-state index contributed by atoms with van der Waals surface area (Å²) in [5.41, 5.74) is -0.200. The summed E-state index contributed by atoms with van der Waals surface area (Å²) in [6, 6.07) is 1.24. The molecule has 1 rings (SSSR count). The standard InChI is InChI=1S/C10H9BrO5/c1-15-7-3-6(13)5(4-12)8(9(7)11)10(14)16-2/h3-4,13H,1-2H3. The lowest BCUT2D eigenvalue weighted by molar-refractivity contribution is 0.0596. The van der Waals surface area contributed by atoms with Gasteiger partial charge in [-0.3, -0.25) is 4.79 Å². The highest BCUT2D eigenvalue weighted by Crippen LogP contribution is 2.36. The van der Waals surface area contributed by atoms with Crippen LogP contribution in [0.2, 0.25) is 0 Å². The molecule has 0 aromatic heterocycles. The number of phenols is 1. The van der Waals surface area contributed by atoms with Crippen molar-refractivity contribution in [2.45, 2.75) is 0 Å². The zero-order valence-electron chi connectivity index (χ0n) is 8.61. The van der Waals surface area contributed by atoms with Crippen LogP contribution in [0.15, 0.2) is 10.5 Å². The molecule has 0 heterocycles. The quantitative estimate of drug-likeness (QED) is 0.678. The molecule has 0 bridgehead atoms. The summed E-state index contributed by atoms with van der Waals surface area (Å²) < 4.78 is 9.72. The van der Waals surface area contributed by atoms with Gasteiger partial charge in [-0.2, -0.15) is 0 Å². The lowest BCUT2D eigenvalue weighted by Gasteiger charge is -2.11. The predicted molar refractivity (Wildman–Crippen MR) is 59.1 cm³/mol. The minimum absolute atomic E-state index is 0.0608. The molecule has 0 radical (unpaired) electrons. The third kappa shape index (κ3) is 2.01. The maximum atomic E-state index is 11.5. The first-order valence-corrected chi connectivity index (χ1v) is 4.99. The SMILES string of the molecule is COC(=O)c1c(Br)c(OC)cc(O)c1C=O. The zero-order chi connectivity index (χ0) is 12.3. The van der Waals surface area contributed by atoms with Gasteiger partial charge in [0.2, 0.25) is 0 Å². The highest BCUT2D eigenvalue weighted by molar-refractivity contribution is 9.10. The largest absolute Gasteiger partial charge is 0.507 e. The number of hydrogen-bond donors (Lipinski definition) is 1. The molecule has 16 heavy (non-hydrogen) atoms. The Morgan fingerprint density at radius 1 is 1.50 bits per heavy atom. The van der Waals surface area contributed by atoms with Crippen LogP contribution in [-0.4, -0.2) is 31.6 Å². The average Bonchev–Trinajstić information content (AvgIpc) is 2.29. The second-order valence-corrected chi connectivity index (χ2v) is 3.60. The smallest absolute Gasteiger partial charge is 0.340 e. The predicted octanol–water partition coefficient (Wildman–Crippen LogP) is 1.76. The van der Waals surface area contributed by atoms with Crippen molar-refractivity contribution in [2.24, 2.45) is 0 Å². The van der Waals surface area contributed by atoms with E-state index >= 15 is 0 Å². The Bertz CT molecular complexity index is 441. The van der Waals surface area contributed by atoms with E-state index < -0.39 is 5.97 Å². The molecule has 0 aliphatic carbocycles. The average molecular weight is 289 g/mol. The summed E-state index contributed by atoms with van der Waals surface area (Å²) in [7, 11) is 2.56. The fraction of sp³-hybridized carbons (Fsp3) is 0.200. The summed E-state index contributed by atoms with van der Waals surface area (Å²) in [6.45, 7) is 0. The normalized spacial score (nSPS) is 9.69. The number of rotatable bonds is 3. The molecule has 0 fully saturated rings. The van der Waals surface area contributed by atoms with Gasteiger partial charge in [-0.15, -0.1) is 0 Å². The molecule has 1 aromatic carbocycles. The number of benzene rings is 1. The van der Waals surface area contributed by atoms with E-state index in [9.17, 15) is 14.7 Å². The monoisotopic (exact) mass is 288 g/mol. The van der Waals surface area contributed by atoms with Crippen LogP contribution in [0.3, 0.4) is 0 Å². The summed E-state index contributed by atoms with van der Waals surface area (Å²) in [6.07, 6.45) is 0.381. The van der Waals surface area contributed by atoms with Crippen LogP contribution in [0, 0.1) is 0 Å². The van der Waals surface area contributed by atoms with Crippen LogP contribution in [0.1, 0.15) is 20.7 Å². The third-order valence-electron chi connectivity index (χ3n) is 1.98. The molecule has 5 nitrogen and oxygen atoms in total. The van der Waals surface area contributed by atoms with Gasteiger partial charge in [-0.05, 0) is 15.9 Å². The summed E-state index contributed by atoms with van der Waals surface area (Å²) in [5, 5.41) is 9.53. The molecule has 0 aliphatic rings. The minimum atomic E-state index is -0.733. The maximum absolute atomic E-state index is 11.5. The number of carbonyl (C=O) groups excluding carboxylic acids is 2. The number of phenolic OH excluding ortho intramolecular Hbond substituents is 1. The van der Waals surface area contributed by atoms with Crippen molar-refractivity contribution in [3.63, 3.8) is 0 Å². The van der Waals surface area contributed by atoms with Gasteiger partial charge in [-0.1, -0.05) is 0 Å². The number of carbonyl (C=O) groups is 2. The van der Waals surface area contributed by atoms with Crippen molar-refractivity contribution >= 4 is 28.2 Å². The molecular formula is C10H9BrO5. The number of esters is 1. The number of hydrogen-bond acceptors (Lipinski definition) is 5. The van der Waals surface area contributed by atoms with Gasteiger partial charge in [-0.25, -0.2) is 4.79 Å². The Morgan fingerprint density at radius 2 is 2.12 bits per heavy atom. The Hall–Kier alpha value is -1.56. The Balaban J connectivity index is 3.58. The van der Waals surface area contributed by atoms with Gasteiger partial charge in [0.1, 0.15) is 11.5 Å². The molecule has 0 saturated carbocycles. The van der Waals surface area contributed by atoms with Gasteiger partial charge >= 0.3 is 5.97 Å². The van der Waals surface area contributed by atoms with Crippen molar-refractivity contribution < 1.29 is 24.2 Å². The first kappa shape index (κ1) is 12.5. The van der Waals surface area contributed by atoms with Gasteiger partial charge in [0.15, 0.2) is 6.29 Å². The summed E-state index contributed by atoms with van der Waals surface area (Å²) >= 11 is 3.11. The molecule has 0 atom stereocenters. The first-order chi connectivity index (χ1) is 7.56. The molecule has 1 N–H and O–H groups in total. The van der Waals surface area contributed by atoms with E-state index in [-0.39, 0.29) is 27.1 Å². The molecule has 0 amide bonds. The first-order valence-electron chi connectivity index (χ1n) is 4.19. The van der Waals surface area contributed by atoms with E-state index in [2.05, 4.69) is 20.7 Å². The van der Waals surface area contributed by atoms with E-state index in [1.807, 2.05) is 0 Å². The molecule has 86 valence electrons. The molecule has 0 unspecified atom stereocenters. The van der Waals surface area contributed by atoms with Crippen molar-refractivity contribution in [2.75, 3.05) is 14.2 Å². The van der Waals surface area contributed by atoms with Gasteiger partial charge in [0.05, 0.1) is 29.8 Å². The van der Waals surface area contributed by atoms with Crippen LogP contribution >= 0.6 is 15.9 Å². The van der Waals surface area contributed by atoms with Crippen LogP contribution in [-0.2, 0) is 4.74 Å². The van der Waals surface area contributed by atoms with Crippen molar-refractivity contribution in [1.82, 2.24) is 0 Å². The van der Waals surface area contributed by atoms with Crippen molar-refractivity contribution in [3.8, 4) is 11.5 Å². The maximum Gasteiger partial charge on any atom is 0.340 e. The molecular weight excluding hydrogens is 280 g/mol. The topological polar surface area (TPSA) is 72.8 Å². The number of halogens is 1. The molecule has 0 aliphatic heterocycles. The number of methoxy groups -OCH3 is 2.